The summed E-state index contributed by atoms with van der Waals surface area (Å²) in [4.78, 5) is 4.20. The average molecular weight is 193 g/mol. The molecule has 1 heterocycles. The van der Waals surface area contributed by atoms with E-state index in [1.807, 2.05) is 12.5 Å². The second-order valence-electron chi connectivity index (χ2n) is 4.09. The fraction of sp³-hybridized carbons (Fsp3) is 0.727. The highest BCUT2D eigenvalue weighted by molar-refractivity contribution is 4.99. The molecular formula is C11H19N3. The molecule has 1 aromatic rings. The number of imidazole rings is 1. The fourth-order valence-corrected chi connectivity index (χ4v) is 1.56. The van der Waals surface area contributed by atoms with Gasteiger partial charge in [0, 0.05) is 25.3 Å². The molecule has 78 valence electrons. The molecule has 0 aliphatic heterocycles. The van der Waals surface area contributed by atoms with E-state index in [9.17, 15) is 0 Å². The summed E-state index contributed by atoms with van der Waals surface area (Å²) >= 11 is 0. The van der Waals surface area contributed by atoms with Crippen LogP contribution >= 0.6 is 0 Å². The van der Waals surface area contributed by atoms with E-state index < -0.39 is 0 Å². The molecule has 1 aromatic heterocycles. The summed E-state index contributed by atoms with van der Waals surface area (Å²) in [5.41, 5.74) is 1.32. The predicted molar refractivity (Wildman–Crippen MR) is 57.0 cm³/mol. The van der Waals surface area contributed by atoms with Crippen LogP contribution in [0.3, 0.4) is 0 Å². The Morgan fingerprint density at radius 3 is 3.14 bits per heavy atom. The van der Waals surface area contributed by atoms with Crippen molar-refractivity contribution in [2.24, 2.45) is 0 Å². The lowest BCUT2D eigenvalue weighted by molar-refractivity contribution is 0.578. The van der Waals surface area contributed by atoms with Crippen molar-refractivity contribution in [3.05, 3.63) is 18.2 Å². The molecule has 0 unspecified atom stereocenters. The lowest BCUT2D eigenvalue weighted by Crippen LogP contribution is -2.18. The first-order valence-electron chi connectivity index (χ1n) is 5.62. The largest absolute Gasteiger partial charge is 0.333 e. The molecule has 0 saturated heterocycles. The van der Waals surface area contributed by atoms with E-state index in [2.05, 4.69) is 21.8 Å². The molecule has 0 radical (unpaired) electrons. The molecule has 3 nitrogen and oxygen atoms in total. The van der Waals surface area contributed by atoms with Crippen molar-refractivity contribution in [2.75, 3.05) is 0 Å². The van der Waals surface area contributed by atoms with Gasteiger partial charge in [-0.05, 0) is 19.3 Å². The molecule has 0 spiro atoms. The van der Waals surface area contributed by atoms with E-state index in [-0.39, 0.29) is 0 Å². The number of aryl methyl sites for hydroxylation is 1. The van der Waals surface area contributed by atoms with Gasteiger partial charge in [0.1, 0.15) is 0 Å². The number of nitrogens with zero attached hydrogens (tertiary/aromatic N) is 2. The summed E-state index contributed by atoms with van der Waals surface area (Å²) < 4.78 is 2.26. The van der Waals surface area contributed by atoms with Gasteiger partial charge in [-0.2, -0.15) is 0 Å². The average Bonchev–Trinajstić information content (AvgIpc) is 2.92. The van der Waals surface area contributed by atoms with Gasteiger partial charge in [-0.15, -0.1) is 0 Å². The van der Waals surface area contributed by atoms with E-state index in [4.69, 9.17) is 0 Å². The van der Waals surface area contributed by atoms with Gasteiger partial charge >= 0.3 is 0 Å². The van der Waals surface area contributed by atoms with Crippen molar-refractivity contribution >= 4 is 0 Å². The number of rotatable bonds is 6. The number of hydrogen-bond acceptors (Lipinski definition) is 2. The predicted octanol–water partition coefficient (Wildman–Crippen LogP) is 1.94. The zero-order valence-corrected chi connectivity index (χ0v) is 8.87. The second-order valence-corrected chi connectivity index (χ2v) is 4.09. The van der Waals surface area contributed by atoms with Crippen LogP contribution in [0.5, 0.6) is 0 Å². The summed E-state index contributed by atoms with van der Waals surface area (Å²) in [6.07, 6.45) is 9.11. The molecule has 1 aliphatic carbocycles. The highest BCUT2D eigenvalue weighted by Gasteiger charge is 2.20. The van der Waals surface area contributed by atoms with Crippen LogP contribution < -0.4 is 5.32 Å². The summed E-state index contributed by atoms with van der Waals surface area (Å²) in [6, 6.07) is 0.782. The summed E-state index contributed by atoms with van der Waals surface area (Å²) in [7, 11) is 0. The van der Waals surface area contributed by atoms with Gasteiger partial charge in [0.25, 0.3) is 0 Å². The summed E-state index contributed by atoms with van der Waals surface area (Å²) in [5.74, 6) is 0. The first kappa shape index (κ1) is 9.71. The Bertz CT molecular complexity index is 276. The van der Waals surface area contributed by atoms with Gasteiger partial charge < -0.3 is 9.88 Å². The third kappa shape index (κ3) is 2.58. The summed E-state index contributed by atoms with van der Waals surface area (Å²) in [5, 5.41) is 3.51. The second kappa shape index (κ2) is 4.60. The lowest BCUT2D eigenvalue weighted by atomic mass is 10.3. The highest BCUT2D eigenvalue weighted by atomic mass is 15.1. The van der Waals surface area contributed by atoms with Crippen molar-refractivity contribution in [3.63, 3.8) is 0 Å². The topological polar surface area (TPSA) is 29.9 Å². The van der Waals surface area contributed by atoms with Gasteiger partial charge in [0.05, 0.1) is 12.0 Å². The summed E-state index contributed by atoms with van der Waals surface area (Å²) in [6.45, 7) is 4.31. The maximum absolute atomic E-state index is 4.20. The van der Waals surface area contributed by atoms with Crippen molar-refractivity contribution < 1.29 is 0 Å². The van der Waals surface area contributed by atoms with E-state index >= 15 is 0 Å². The van der Waals surface area contributed by atoms with Crippen LogP contribution in [-0.2, 0) is 13.1 Å². The van der Waals surface area contributed by atoms with Crippen molar-refractivity contribution in [3.8, 4) is 0 Å². The van der Waals surface area contributed by atoms with Crippen molar-refractivity contribution in [1.29, 1.82) is 0 Å². The Balaban J connectivity index is 1.83. The van der Waals surface area contributed by atoms with Gasteiger partial charge in [-0.1, -0.05) is 13.3 Å². The first-order chi connectivity index (χ1) is 6.90. The normalized spacial score (nSPS) is 16.1. The van der Waals surface area contributed by atoms with Gasteiger partial charge in [0.2, 0.25) is 0 Å². The van der Waals surface area contributed by atoms with Crippen molar-refractivity contribution in [2.45, 2.75) is 51.7 Å². The van der Waals surface area contributed by atoms with E-state index in [1.165, 1.54) is 31.4 Å². The van der Waals surface area contributed by atoms with Crippen LogP contribution in [-0.4, -0.2) is 15.6 Å². The standard InChI is InChI=1S/C11H19N3/c1-2-3-6-14-9-12-7-11(14)8-13-10-4-5-10/h7,9-10,13H,2-6,8H2,1H3. The Labute approximate surface area is 85.5 Å². The Hall–Kier alpha value is -0.830. The molecule has 1 N–H and O–H groups in total. The molecule has 1 saturated carbocycles. The molecule has 2 rings (SSSR count). The minimum absolute atomic E-state index is 0.782. The van der Waals surface area contributed by atoms with Gasteiger partial charge in [0.15, 0.2) is 0 Å². The van der Waals surface area contributed by atoms with Crippen LogP contribution in [0, 0.1) is 0 Å². The zero-order chi connectivity index (χ0) is 9.80. The highest BCUT2D eigenvalue weighted by Crippen LogP contribution is 2.19. The smallest absolute Gasteiger partial charge is 0.0948 e. The SMILES string of the molecule is CCCCn1cncc1CNC1CC1. The molecule has 1 fully saturated rings. The molecule has 0 amide bonds. The van der Waals surface area contributed by atoms with Gasteiger partial charge in [-0.3, -0.25) is 0 Å². The quantitative estimate of drug-likeness (QED) is 0.748. The monoisotopic (exact) mass is 193 g/mol. The van der Waals surface area contributed by atoms with E-state index in [0.29, 0.717) is 0 Å². The van der Waals surface area contributed by atoms with Gasteiger partial charge in [-0.25, -0.2) is 4.98 Å². The maximum Gasteiger partial charge on any atom is 0.0948 e. The first-order valence-corrected chi connectivity index (χ1v) is 5.62. The Morgan fingerprint density at radius 1 is 1.57 bits per heavy atom. The third-order valence-electron chi connectivity index (χ3n) is 2.70. The molecule has 14 heavy (non-hydrogen) atoms. The fourth-order valence-electron chi connectivity index (χ4n) is 1.56. The van der Waals surface area contributed by atoms with Crippen LogP contribution in [0.15, 0.2) is 12.5 Å². The molecular weight excluding hydrogens is 174 g/mol. The maximum atomic E-state index is 4.20. The van der Waals surface area contributed by atoms with Crippen LogP contribution in [0.2, 0.25) is 0 Å². The minimum Gasteiger partial charge on any atom is -0.333 e. The Kier molecular flexibility index (Phi) is 3.19. The van der Waals surface area contributed by atoms with E-state index in [1.54, 1.807) is 0 Å². The Morgan fingerprint density at radius 2 is 2.43 bits per heavy atom. The third-order valence-corrected chi connectivity index (χ3v) is 2.70. The number of nitrogens with one attached hydrogen (secondary N) is 1. The molecule has 0 aromatic carbocycles. The van der Waals surface area contributed by atoms with Crippen LogP contribution in [0.25, 0.3) is 0 Å². The van der Waals surface area contributed by atoms with Crippen molar-refractivity contribution in [1.82, 2.24) is 14.9 Å². The number of unbranched alkanes of at least 4 members (excludes halogenated alkanes) is 1. The van der Waals surface area contributed by atoms with E-state index in [0.717, 1.165) is 19.1 Å². The molecule has 3 heteroatoms. The number of aromatic nitrogens is 2. The molecule has 1 aliphatic rings. The zero-order valence-electron chi connectivity index (χ0n) is 8.87. The molecule has 0 bridgehead atoms. The minimum atomic E-state index is 0.782. The number of hydrogen-bond donors (Lipinski definition) is 1. The lowest BCUT2D eigenvalue weighted by Gasteiger charge is -2.07. The van der Waals surface area contributed by atoms with Crippen LogP contribution in [0.4, 0.5) is 0 Å². The molecule has 0 atom stereocenters. The van der Waals surface area contributed by atoms with Crippen LogP contribution in [0.1, 0.15) is 38.3 Å².